The van der Waals surface area contributed by atoms with Crippen molar-refractivity contribution in [1.82, 2.24) is 14.9 Å². The van der Waals surface area contributed by atoms with Gasteiger partial charge in [0.2, 0.25) is 5.91 Å². The minimum absolute atomic E-state index is 0.0577. The maximum atomic E-state index is 12.3. The number of hydrogen-bond acceptors (Lipinski definition) is 4. The van der Waals surface area contributed by atoms with Gasteiger partial charge in [-0.15, -0.1) is 0 Å². The molecule has 0 spiro atoms. The predicted molar refractivity (Wildman–Crippen MR) is 107 cm³/mol. The Morgan fingerprint density at radius 1 is 1.18 bits per heavy atom. The number of nitrogens with one attached hydrogen (secondary N) is 1. The smallest absolute Gasteiger partial charge is 0.224 e. The van der Waals surface area contributed by atoms with Crippen molar-refractivity contribution in [3.8, 4) is 23.5 Å². The quantitative estimate of drug-likeness (QED) is 0.640. The first kappa shape index (κ1) is 19.1. The summed E-state index contributed by atoms with van der Waals surface area (Å²) in [5.74, 6) is -0.168. The Hall–Kier alpha value is -3.64. The molecule has 1 N–H and O–H groups in total. The van der Waals surface area contributed by atoms with E-state index >= 15 is 0 Å². The van der Waals surface area contributed by atoms with Gasteiger partial charge in [0.05, 0.1) is 23.5 Å². The van der Waals surface area contributed by atoms with Gasteiger partial charge in [-0.25, -0.2) is 0 Å². The lowest BCUT2D eigenvalue weighted by Crippen LogP contribution is -2.31. The summed E-state index contributed by atoms with van der Waals surface area (Å²) in [4.78, 5) is 21.6. The summed E-state index contributed by atoms with van der Waals surface area (Å²) in [6.07, 6.45) is 3.39. The normalized spacial score (nSPS) is 10.4. The number of aromatic nitrogens is 2. The summed E-state index contributed by atoms with van der Waals surface area (Å²) >= 11 is 0. The molecule has 1 aromatic carbocycles. The van der Waals surface area contributed by atoms with Crippen LogP contribution in [0, 0.1) is 29.6 Å². The van der Waals surface area contributed by atoms with Gasteiger partial charge in [-0.3, -0.25) is 9.78 Å². The second-order valence-corrected chi connectivity index (χ2v) is 6.66. The zero-order chi connectivity index (χ0) is 19.9. The maximum Gasteiger partial charge on any atom is 0.224 e. The molecule has 0 saturated carbocycles. The van der Waals surface area contributed by atoms with Gasteiger partial charge in [0.1, 0.15) is 13.1 Å². The van der Waals surface area contributed by atoms with Crippen molar-refractivity contribution in [3.63, 3.8) is 0 Å². The average Bonchev–Trinajstić information content (AvgIpc) is 3.06. The van der Waals surface area contributed by atoms with E-state index in [1.165, 1.54) is 10.5 Å². The van der Waals surface area contributed by atoms with E-state index in [4.69, 9.17) is 10.5 Å². The Labute approximate surface area is 164 Å². The summed E-state index contributed by atoms with van der Waals surface area (Å²) in [5, 5.41) is 18.8. The highest BCUT2D eigenvalue weighted by atomic mass is 16.2. The lowest BCUT2D eigenvalue weighted by molar-refractivity contribution is -0.130. The molecule has 0 radical (unpaired) electrons. The summed E-state index contributed by atoms with van der Waals surface area (Å²) in [7, 11) is 0. The number of rotatable bonds is 7. The SMILES string of the molecule is Cc1ccc2[nH]c(-c3ccccn3)c(CCCC(=O)N(CC#N)CC#N)c2c1. The van der Waals surface area contributed by atoms with Crippen LogP contribution in [0.4, 0.5) is 0 Å². The Kier molecular flexibility index (Phi) is 6.04. The van der Waals surface area contributed by atoms with Crippen LogP contribution in [0.15, 0.2) is 42.6 Å². The number of hydrogen-bond donors (Lipinski definition) is 1. The van der Waals surface area contributed by atoms with E-state index in [1.54, 1.807) is 6.20 Å². The zero-order valence-corrected chi connectivity index (χ0v) is 15.8. The first-order chi connectivity index (χ1) is 13.6. The Balaban J connectivity index is 1.84. The van der Waals surface area contributed by atoms with E-state index in [0.717, 1.165) is 27.9 Å². The fraction of sp³-hybridized carbons (Fsp3) is 0.273. The average molecular weight is 371 g/mol. The molecular formula is C22H21N5O. The number of H-pyrrole nitrogens is 1. The van der Waals surface area contributed by atoms with E-state index in [0.29, 0.717) is 19.3 Å². The fourth-order valence-corrected chi connectivity index (χ4v) is 3.33. The number of benzene rings is 1. The number of carbonyl (C=O) groups excluding carboxylic acids is 1. The van der Waals surface area contributed by atoms with Crippen molar-refractivity contribution >= 4 is 16.8 Å². The third kappa shape index (κ3) is 4.19. The van der Waals surface area contributed by atoms with Gasteiger partial charge in [0.25, 0.3) is 0 Å². The van der Waals surface area contributed by atoms with Crippen molar-refractivity contribution in [1.29, 1.82) is 10.5 Å². The Morgan fingerprint density at radius 3 is 2.64 bits per heavy atom. The molecule has 0 aliphatic carbocycles. The maximum absolute atomic E-state index is 12.3. The topological polar surface area (TPSA) is 96.6 Å². The van der Waals surface area contributed by atoms with Crippen molar-refractivity contribution in [2.75, 3.05) is 13.1 Å². The number of aromatic amines is 1. The van der Waals surface area contributed by atoms with Gasteiger partial charge in [0.15, 0.2) is 0 Å². The molecule has 0 saturated heterocycles. The molecule has 6 nitrogen and oxygen atoms in total. The number of nitrogens with zero attached hydrogens (tertiary/aromatic N) is 4. The summed E-state index contributed by atoms with van der Waals surface area (Å²) < 4.78 is 0. The van der Waals surface area contributed by atoms with Gasteiger partial charge < -0.3 is 9.88 Å². The highest BCUT2D eigenvalue weighted by Gasteiger charge is 2.16. The predicted octanol–water partition coefficient (Wildman–Crippen LogP) is 3.74. The number of carbonyl (C=O) groups is 1. The van der Waals surface area contributed by atoms with Crippen LogP contribution in [0.5, 0.6) is 0 Å². The van der Waals surface area contributed by atoms with Crippen LogP contribution >= 0.6 is 0 Å². The largest absolute Gasteiger partial charge is 0.353 e. The molecule has 28 heavy (non-hydrogen) atoms. The van der Waals surface area contributed by atoms with Crippen LogP contribution in [0.3, 0.4) is 0 Å². The van der Waals surface area contributed by atoms with Gasteiger partial charge in [-0.05, 0) is 49.6 Å². The molecule has 2 aromatic heterocycles. The molecule has 3 aromatic rings. The number of fused-ring (bicyclic) bond motifs is 1. The number of nitriles is 2. The fourth-order valence-electron chi connectivity index (χ4n) is 3.33. The second kappa shape index (κ2) is 8.83. The molecule has 140 valence electrons. The third-order valence-corrected chi connectivity index (χ3v) is 4.68. The van der Waals surface area contributed by atoms with E-state index in [1.807, 2.05) is 30.3 Å². The highest BCUT2D eigenvalue weighted by molar-refractivity contribution is 5.90. The molecule has 0 bridgehead atoms. The van der Waals surface area contributed by atoms with E-state index in [2.05, 4.69) is 35.1 Å². The van der Waals surface area contributed by atoms with Gasteiger partial charge >= 0.3 is 0 Å². The van der Waals surface area contributed by atoms with E-state index < -0.39 is 0 Å². The van der Waals surface area contributed by atoms with Crippen LogP contribution in [-0.2, 0) is 11.2 Å². The van der Waals surface area contributed by atoms with Crippen molar-refractivity contribution < 1.29 is 4.79 Å². The minimum atomic E-state index is -0.168. The van der Waals surface area contributed by atoms with Crippen LogP contribution < -0.4 is 0 Å². The third-order valence-electron chi connectivity index (χ3n) is 4.68. The van der Waals surface area contributed by atoms with E-state index in [9.17, 15) is 4.79 Å². The molecule has 2 heterocycles. The van der Waals surface area contributed by atoms with E-state index in [-0.39, 0.29) is 19.0 Å². The van der Waals surface area contributed by atoms with Crippen LogP contribution in [0.25, 0.3) is 22.3 Å². The molecule has 6 heteroatoms. The van der Waals surface area contributed by atoms with Crippen LogP contribution in [0.1, 0.15) is 24.0 Å². The van der Waals surface area contributed by atoms with Crippen molar-refractivity contribution in [2.45, 2.75) is 26.2 Å². The number of pyridine rings is 1. The molecule has 0 fully saturated rings. The first-order valence-corrected chi connectivity index (χ1v) is 9.18. The van der Waals surface area contributed by atoms with Gasteiger partial charge in [-0.2, -0.15) is 10.5 Å². The zero-order valence-electron chi connectivity index (χ0n) is 15.8. The molecule has 1 amide bonds. The number of amides is 1. The first-order valence-electron chi connectivity index (χ1n) is 9.18. The molecule has 0 aliphatic heterocycles. The Bertz CT molecular complexity index is 1040. The van der Waals surface area contributed by atoms with Gasteiger partial charge in [-0.1, -0.05) is 17.7 Å². The summed E-state index contributed by atoms with van der Waals surface area (Å²) in [6.45, 7) is 1.94. The van der Waals surface area contributed by atoms with Gasteiger partial charge in [0, 0.05) is 23.5 Å². The molecule has 0 unspecified atom stereocenters. The molecular weight excluding hydrogens is 350 g/mol. The highest BCUT2D eigenvalue weighted by Crippen LogP contribution is 2.31. The molecule has 0 atom stereocenters. The summed E-state index contributed by atoms with van der Waals surface area (Å²) in [5.41, 5.74) is 5.19. The lowest BCUT2D eigenvalue weighted by Gasteiger charge is -2.15. The molecule has 0 aliphatic rings. The lowest BCUT2D eigenvalue weighted by atomic mass is 10.0. The Morgan fingerprint density at radius 2 is 1.96 bits per heavy atom. The van der Waals surface area contributed by atoms with Crippen LogP contribution in [0.2, 0.25) is 0 Å². The van der Waals surface area contributed by atoms with Crippen molar-refractivity contribution in [3.05, 3.63) is 53.7 Å². The van der Waals surface area contributed by atoms with Crippen molar-refractivity contribution in [2.24, 2.45) is 0 Å². The minimum Gasteiger partial charge on any atom is -0.353 e. The molecule has 3 rings (SSSR count). The van der Waals surface area contributed by atoms with Crippen LogP contribution in [-0.4, -0.2) is 33.9 Å². The second-order valence-electron chi connectivity index (χ2n) is 6.66. The number of aryl methyl sites for hydroxylation is 2. The summed E-state index contributed by atoms with van der Waals surface area (Å²) in [6, 6.07) is 16.0. The monoisotopic (exact) mass is 371 g/mol. The standard InChI is InChI=1S/C22H21N5O/c1-16-8-9-19-18(15-16)17(22(26-19)20-6-2-3-12-25-20)5-4-7-21(28)27(13-10-23)14-11-24/h2-3,6,8-9,12,15,26H,4-5,7,13-14H2,1H3.